The van der Waals surface area contributed by atoms with Gasteiger partial charge in [0.1, 0.15) is 22.2 Å². The normalized spacial score (nSPS) is 12.1. The summed E-state index contributed by atoms with van der Waals surface area (Å²) in [5.41, 5.74) is 2.60. The standard InChI is InChI=1S/C30H24ClN5O2S2/c1-17-18(2)39-29-25(17)28(37)32-26(33-29)19(3)40-30-35-34-27(20-9-11-21(31)12-10-20)36(30)22-13-15-24(16-14-22)38-23-7-5-4-6-8-23/h4-16,19H,1-3H3,(H,32,33,37). The van der Waals surface area contributed by atoms with E-state index < -0.39 is 0 Å². The molecular formula is C30H24ClN5O2S2. The highest BCUT2D eigenvalue weighted by molar-refractivity contribution is 7.99. The molecule has 6 aromatic rings. The fraction of sp³-hybridized carbons (Fsp3) is 0.133. The van der Waals surface area contributed by atoms with Crippen molar-refractivity contribution in [1.29, 1.82) is 0 Å². The average Bonchev–Trinajstić information content (AvgIpc) is 3.50. The van der Waals surface area contributed by atoms with Crippen LogP contribution in [-0.2, 0) is 0 Å². The second kappa shape index (κ2) is 10.9. The third-order valence-corrected chi connectivity index (χ3v) is 8.94. The molecular weight excluding hydrogens is 562 g/mol. The van der Waals surface area contributed by atoms with Gasteiger partial charge in [-0.1, -0.05) is 41.6 Å². The van der Waals surface area contributed by atoms with Gasteiger partial charge in [-0.25, -0.2) is 4.98 Å². The van der Waals surface area contributed by atoms with Crippen LogP contribution in [0.4, 0.5) is 0 Å². The van der Waals surface area contributed by atoms with Crippen molar-refractivity contribution < 1.29 is 4.74 Å². The molecule has 1 unspecified atom stereocenters. The van der Waals surface area contributed by atoms with Crippen LogP contribution in [0.3, 0.4) is 0 Å². The molecule has 0 amide bonds. The van der Waals surface area contributed by atoms with Crippen molar-refractivity contribution >= 4 is 44.9 Å². The molecule has 0 aliphatic heterocycles. The summed E-state index contributed by atoms with van der Waals surface area (Å²) in [5.74, 6) is 2.75. The number of nitrogens with zero attached hydrogens (tertiary/aromatic N) is 4. The van der Waals surface area contributed by atoms with Gasteiger partial charge in [-0.3, -0.25) is 9.36 Å². The number of aryl methyl sites for hydroxylation is 2. The summed E-state index contributed by atoms with van der Waals surface area (Å²) < 4.78 is 7.98. The highest BCUT2D eigenvalue weighted by Gasteiger charge is 2.22. The van der Waals surface area contributed by atoms with Crippen LogP contribution in [0.5, 0.6) is 11.5 Å². The molecule has 3 heterocycles. The first-order chi connectivity index (χ1) is 19.4. The molecule has 0 fully saturated rings. The highest BCUT2D eigenvalue weighted by Crippen LogP contribution is 2.37. The monoisotopic (exact) mass is 585 g/mol. The lowest BCUT2D eigenvalue weighted by Crippen LogP contribution is -2.12. The molecule has 7 nitrogen and oxygen atoms in total. The van der Waals surface area contributed by atoms with Crippen molar-refractivity contribution in [1.82, 2.24) is 24.7 Å². The Morgan fingerprint density at radius 2 is 1.65 bits per heavy atom. The molecule has 0 aliphatic rings. The Morgan fingerprint density at radius 3 is 2.38 bits per heavy atom. The highest BCUT2D eigenvalue weighted by atomic mass is 35.5. The van der Waals surface area contributed by atoms with Crippen molar-refractivity contribution in [2.75, 3.05) is 0 Å². The Hall–Kier alpha value is -3.92. The molecule has 0 saturated carbocycles. The van der Waals surface area contributed by atoms with Crippen molar-refractivity contribution in [2.24, 2.45) is 0 Å². The number of thiophene rings is 1. The molecule has 0 saturated heterocycles. The molecule has 40 heavy (non-hydrogen) atoms. The summed E-state index contributed by atoms with van der Waals surface area (Å²) in [6, 6.07) is 24.9. The van der Waals surface area contributed by atoms with Gasteiger partial charge < -0.3 is 9.72 Å². The number of benzene rings is 3. The van der Waals surface area contributed by atoms with Gasteiger partial charge in [-0.05, 0) is 87.0 Å². The van der Waals surface area contributed by atoms with Gasteiger partial charge in [0.05, 0.1) is 10.6 Å². The molecule has 3 aromatic heterocycles. The van der Waals surface area contributed by atoms with E-state index in [1.54, 1.807) is 0 Å². The first kappa shape index (κ1) is 26.3. The fourth-order valence-electron chi connectivity index (χ4n) is 4.33. The third kappa shape index (κ3) is 5.15. The molecule has 200 valence electrons. The van der Waals surface area contributed by atoms with E-state index >= 15 is 0 Å². The molecule has 0 radical (unpaired) electrons. The van der Waals surface area contributed by atoms with Gasteiger partial charge in [0, 0.05) is 21.2 Å². The minimum atomic E-state index is -0.193. The molecule has 1 N–H and O–H groups in total. The number of aromatic nitrogens is 5. The number of halogens is 1. The molecule has 0 bridgehead atoms. The first-order valence-corrected chi connectivity index (χ1v) is 14.7. The molecule has 3 aromatic carbocycles. The van der Waals surface area contributed by atoms with Crippen LogP contribution >= 0.6 is 34.7 Å². The number of fused-ring (bicyclic) bond motifs is 1. The minimum absolute atomic E-state index is 0.119. The largest absolute Gasteiger partial charge is 0.457 e. The molecule has 6 rings (SSSR count). The maximum absolute atomic E-state index is 12.9. The minimum Gasteiger partial charge on any atom is -0.457 e. The molecule has 0 spiro atoms. The SMILES string of the molecule is Cc1sc2nc(C(C)Sc3nnc(-c4ccc(Cl)cc4)n3-c3ccc(Oc4ccccc4)cc3)[nH]c(=O)c2c1C. The summed E-state index contributed by atoms with van der Waals surface area (Å²) in [6.45, 7) is 5.97. The van der Waals surface area contributed by atoms with Crippen LogP contribution in [0.15, 0.2) is 88.8 Å². The number of ether oxygens (including phenoxy) is 1. The van der Waals surface area contributed by atoms with Crippen LogP contribution in [-0.4, -0.2) is 24.7 Å². The fourth-order valence-corrected chi connectivity index (χ4v) is 6.42. The number of nitrogens with one attached hydrogen (secondary N) is 1. The van der Waals surface area contributed by atoms with Gasteiger partial charge in [0.25, 0.3) is 5.56 Å². The smallest absolute Gasteiger partial charge is 0.259 e. The predicted octanol–water partition coefficient (Wildman–Crippen LogP) is 8.15. The number of rotatable bonds is 7. The van der Waals surface area contributed by atoms with E-state index in [4.69, 9.17) is 21.3 Å². The van der Waals surface area contributed by atoms with Crippen LogP contribution in [0.2, 0.25) is 5.02 Å². The van der Waals surface area contributed by atoms with E-state index in [0.717, 1.165) is 38.0 Å². The third-order valence-electron chi connectivity index (χ3n) is 6.53. The van der Waals surface area contributed by atoms with Gasteiger partial charge in [0.2, 0.25) is 0 Å². The molecule has 10 heteroatoms. The maximum atomic E-state index is 12.9. The zero-order valence-corrected chi connectivity index (χ0v) is 24.3. The van der Waals surface area contributed by atoms with Crippen LogP contribution in [0, 0.1) is 13.8 Å². The van der Waals surface area contributed by atoms with E-state index in [1.807, 2.05) is 104 Å². The van der Waals surface area contributed by atoms with Crippen molar-refractivity contribution in [2.45, 2.75) is 31.2 Å². The van der Waals surface area contributed by atoms with E-state index in [9.17, 15) is 4.79 Å². The topological polar surface area (TPSA) is 85.7 Å². The zero-order valence-electron chi connectivity index (χ0n) is 21.9. The average molecular weight is 586 g/mol. The Morgan fingerprint density at radius 1 is 0.950 bits per heavy atom. The Labute approximate surface area is 243 Å². The van der Waals surface area contributed by atoms with Crippen LogP contribution in [0.1, 0.15) is 28.4 Å². The molecule has 1 atom stereocenters. The quantitative estimate of drug-likeness (QED) is 0.190. The van der Waals surface area contributed by atoms with Gasteiger partial charge >= 0.3 is 0 Å². The number of H-pyrrole nitrogens is 1. The predicted molar refractivity (Wildman–Crippen MR) is 162 cm³/mol. The van der Waals surface area contributed by atoms with Crippen molar-refractivity contribution in [3.63, 3.8) is 0 Å². The number of aromatic amines is 1. The number of hydrogen-bond acceptors (Lipinski definition) is 7. The van der Waals surface area contributed by atoms with Crippen molar-refractivity contribution in [3.8, 4) is 28.6 Å². The van der Waals surface area contributed by atoms with E-state index in [-0.39, 0.29) is 10.8 Å². The van der Waals surface area contributed by atoms with E-state index in [0.29, 0.717) is 27.2 Å². The Bertz CT molecular complexity index is 1860. The second-order valence-corrected chi connectivity index (χ2v) is 12.2. The summed E-state index contributed by atoms with van der Waals surface area (Å²) in [4.78, 5) is 22.5. The lowest BCUT2D eigenvalue weighted by atomic mass is 10.2. The van der Waals surface area contributed by atoms with Gasteiger partial charge in [0.15, 0.2) is 11.0 Å². The van der Waals surface area contributed by atoms with Gasteiger partial charge in [-0.2, -0.15) is 0 Å². The zero-order chi connectivity index (χ0) is 27.8. The Kier molecular flexibility index (Phi) is 7.18. The number of para-hydroxylation sites is 1. The first-order valence-electron chi connectivity index (χ1n) is 12.6. The summed E-state index contributed by atoms with van der Waals surface area (Å²) in [7, 11) is 0. The van der Waals surface area contributed by atoms with Gasteiger partial charge in [-0.15, -0.1) is 21.5 Å². The maximum Gasteiger partial charge on any atom is 0.259 e. The lowest BCUT2D eigenvalue weighted by molar-refractivity contribution is 0.482. The number of hydrogen-bond donors (Lipinski definition) is 1. The summed E-state index contributed by atoms with van der Waals surface area (Å²) >= 11 is 9.17. The van der Waals surface area contributed by atoms with Crippen molar-refractivity contribution in [3.05, 3.63) is 111 Å². The van der Waals surface area contributed by atoms with Crippen LogP contribution < -0.4 is 10.3 Å². The second-order valence-electron chi connectivity index (χ2n) is 9.23. The van der Waals surface area contributed by atoms with E-state index in [1.165, 1.54) is 23.1 Å². The molecule has 0 aliphatic carbocycles. The van der Waals surface area contributed by atoms with Crippen LogP contribution in [0.25, 0.3) is 27.3 Å². The number of thioether (sulfide) groups is 1. The Balaban J connectivity index is 1.37. The lowest BCUT2D eigenvalue weighted by Gasteiger charge is -2.14. The summed E-state index contributed by atoms with van der Waals surface area (Å²) in [6.07, 6.45) is 0. The van der Waals surface area contributed by atoms with E-state index in [2.05, 4.69) is 15.2 Å². The summed E-state index contributed by atoms with van der Waals surface area (Å²) in [5, 5.41) is 10.9.